The van der Waals surface area contributed by atoms with Crippen LogP contribution in [-0.2, 0) is 0 Å². The summed E-state index contributed by atoms with van der Waals surface area (Å²) in [5.41, 5.74) is 0.533. The molecule has 1 nitrogen and oxygen atoms in total. The molecule has 0 saturated heterocycles. The summed E-state index contributed by atoms with van der Waals surface area (Å²) in [7, 11) is 0. The topological polar surface area (TPSA) is 12.0 Å². The van der Waals surface area contributed by atoms with Gasteiger partial charge in [-0.25, -0.2) is 0 Å². The molecule has 1 N–H and O–H groups in total. The molecule has 0 aliphatic heterocycles. The first-order valence-corrected chi connectivity index (χ1v) is 5.77. The van der Waals surface area contributed by atoms with Crippen LogP contribution in [-0.4, -0.2) is 6.04 Å². The predicted molar refractivity (Wildman–Crippen MR) is 58.1 cm³/mol. The Balaban J connectivity index is 1.90. The van der Waals surface area contributed by atoms with Gasteiger partial charge < -0.3 is 5.32 Å². The Labute approximate surface area is 84.2 Å². The second-order valence-electron chi connectivity index (χ2n) is 4.65. The monoisotopic (exact) mass is 195 g/mol. The van der Waals surface area contributed by atoms with E-state index in [4.69, 9.17) is 0 Å². The molecule has 2 rings (SSSR count). The highest BCUT2D eigenvalue weighted by Crippen LogP contribution is 2.45. The standard InChI is InChI=1S/C11H17NS/c1-8(9-5-4-6-13-9)12-10-7-11(10,2)3/h4-6,8,10,12H,7H2,1-3H3. The van der Waals surface area contributed by atoms with Crippen molar-refractivity contribution in [3.8, 4) is 0 Å². The van der Waals surface area contributed by atoms with E-state index in [1.54, 1.807) is 0 Å². The molecule has 2 unspecified atom stereocenters. The Hall–Kier alpha value is -0.340. The van der Waals surface area contributed by atoms with Gasteiger partial charge in [-0.2, -0.15) is 0 Å². The SMILES string of the molecule is CC(NC1CC1(C)C)c1cccs1. The van der Waals surface area contributed by atoms with Crippen LogP contribution in [0.25, 0.3) is 0 Å². The third-order valence-electron chi connectivity index (χ3n) is 2.93. The molecule has 13 heavy (non-hydrogen) atoms. The third kappa shape index (κ3) is 1.94. The Morgan fingerprint density at radius 2 is 2.31 bits per heavy atom. The molecule has 0 spiro atoms. The van der Waals surface area contributed by atoms with Crippen LogP contribution in [0.15, 0.2) is 17.5 Å². The molecule has 0 aromatic carbocycles. The first-order chi connectivity index (χ1) is 6.09. The number of thiophene rings is 1. The summed E-state index contributed by atoms with van der Waals surface area (Å²) in [6.45, 7) is 6.90. The smallest absolute Gasteiger partial charge is 0.0388 e. The fourth-order valence-corrected chi connectivity index (χ4v) is 2.42. The van der Waals surface area contributed by atoms with Gasteiger partial charge >= 0.3 is 0 Å². The van der Waals surface area contributed by atoms with E-state index < -0.39 is 0 Å². The predicted octanol–water partition coefficient (Wildman–Crippen LogP) is 3.20. The summed E-state index contributed by atoms with van der Waals surface area (Å²) >= 11 is 1.84. The van der Waals surface area contributed by atoms with Gasteiger partial charge in [0.1, 0.15) is 0 Å². The quantitative estimate of drug-likeness (QED) is 0.781. The summed E-state index contributed by atoms with van der Waals surface area (Å²) in [5, 5.41) is 5.80. The average molecular weight is 195 g/mol. The van der Waals surface area contributed by atoms with Gasteiger partial charge in [0.25, 0.3) is 0 Å². The molecule has 0 radical (unpaired) electrons. The molecule has 1 heterocycles. The molecule has 1 saturated carbocycles. The van der Waals surface area contributed by atoms with Crippen LogP contribution in [0.4, 0.5) is 0 Å². The summed E-state index contributed by atoms with van der Waals surface area (Å²) in [4.78, 5) is 1.45. The lowest BCUT2D eigenvalue weighted by atomic mass is 10.2. The summed E-state index contributed by atoms with van der Waals surface area (Å²) in [5.74, 6) is 0. The van der Waals surface area contributed by atoms with E-state index in [0.717, 1.165) is 6.04 Å². The highest BCUT2D eigenvalue weighted by Gasteiger charge is 2.45. The van der Waals surface area contributed by atoms with Crippen molar-refractivity contribution in [2.24, 2.45) is 5.41 Å². The van der Waals surface area contributed by atoms with Crippen molar-refractivity contribution in [2.45, 2.75) is 39.3 Å². The van der Waals surface area contributed by atoms with E-state index in [1.165, 1.54) is 11.3 Å². The van der Waals surface area contributed by atoms with E-state index in [0.29, 0.717) is 11.5 Å². The second-order valence-corrected chi connectivity index (χ2v) is 5.63. The van der Waals surface area contributed by atoms with Crippen LogP contribution in [0.2, 0.25) is 0 Å². The molecule has 1 aromatic heterocycles. The largest absolute Gasteiger partial charge is 0.306 e. The molecular weight excluding hydrogens is 178 g/mol. The van der Waals surface area contributed by atoms with Gasteiger partial charge in [0.15, 0.2) is 0 Å². The zero-order valence-electron chi connectivity index (χ0n) is 8.50. The zero-order chi connectivity index (χ0) is 9.47. The molecule has 0 bridgehead atoms. The van der Waals surface area contributed by atoms with E-state index in [9.17, 15) is 0 Å². The molecule has 1 aromatic rings. The summed E-state index contributed by atoms with van der Waals surface area (Å²) in [6.07, 6.45) is 1.32. The van der Waals surface area contributed by atoms with Crippen molar-refractivity contribution in [3.63, 3.8) is 0 Å². The lowest BCUT2D eigenvalue weighted by Crippen LogP contribution is -2.23. The van der Waals surface area contributed by atoms with Crippen LogP contribution in [0.3, 0.4) is 0 Å². The first-order valence-electron chi connectivity index (χ1n) is 4.89. The summed E-state index contributed by atoms with van der Waals surface area (Å²) < 4.78 is 0. The number of hydrogen-bond acceptors (Lipinski definition) is 2. The first kappa shape index (κ1) is 9.22. The van der Waals surface area contributed by atoms with Crippen LogP contribution in [0.1, 0.15) is 38.1 Å². The Bertz CT molecular complexity index is 276. The fourth-order valence-electron chi connectivity index (χ4n) is 1.67. The van der Waals surface area contributed by atoms with Crippen LogP contribution in [0, 0.1) is 5.41 Å². The molecule has 1 fully saturated rings. The van der Waals surface area contributed by atoms with Crippen LogP contribution < -0.4 is 5.32 Å². The van der Waals surface area contributed by atoms with Crippen molar-refractivity contribution in [1.29, 1.82) is 0 Å². The Kier molecular flexibility index (Phi) is 2.20. The Morgan fingerprint density at radius 3 is 2.77 bits per heavy atom. The minimum Gasteiger partial charge on any atom is -0.306 e. The van der Waals surface area contributed by atoms with Gasteiger partial charge in [0, 0.05) is 17.0 Å². The maximum Gasteiger partial charge on any atom is 0.0388 e. The molecule has 0 amide bonds. The molecule has 2 heteroatoms. The Morgan fingerprint density at radius 1 is 1.62 bits per heavy atom. The van der Waals surface area contributed by atoms with Gasteiger partial charge in [0.2, 0.25) is 0 Å². The van der Waals surface area contributed by atoms with Gasteiger partial charge in [-0.05, 0) is 30.2 Å². The second kappa shape index (κ2) is 3.10. The van der Waals surface area contributed by atoms with Crippen molar-refractivity contribution in [2.75, 3.05) is 0 Å². The van der Waals surface area contributed by atoms with E-state index in [2.05, 4.69) is 43.6 Å². The minimum absolute atomic E-state index is 0.520. The van der Waals surface area contributed by atoms with Crippen molar-refractivity contribution in [3.05, 3.63) is 22.4 Å². The zero-order valence-corrected chi connectivity index (χ0v) is 9.32. The van der Waals surface area contributed by atoms with Crippen molar-refractivity contribution in [1.82, 2.24) is 5.32 Å². The van der Waals surface area contributed by atoms with Gasteiger partial charge in [0.05, 0.1) is 0 Å². The fraction of sp³-hybridized carbons (Fsp3) is 0.636. The van der Waals surface area contributed by atoms with Gasteiger partial charge in [-0.3, -0.25) is 0 Å². The van der Waals surface area contributed by atoms with Crippen molar-refractivity contribution >= 4 is 11.3 Å². The third-order valence-corrected chi connectivity index (χ3v) is 3.99. The normalized spacial score (nSPS) is 27.2. The average Bonchev–Trinajstić information content (AvgIpc) is 2.58. The molecule has 1 aliphatic rings. The minimum atomic E-state index is 0.520. The maximum atomic E-state index is 3.66. The maximum absolute atomic E-state index is 3.66. The number of rotatable bonds is 3. The highest BCUT2D eigenvalue weighted by molar-refractivity contribution is 7.10. The summed E-state index contributed by atoms with van der Waals surface area (Å²) in [6, 6.07) is 5.57. The molecule has 2 atom stereocenters. The number of nitrogens with one attached hydrogen (secondary N) is 1. The lowest BCUT2D eigenvalue weighted by Gasteiger charge is -2.13. The van der Waals surface area contributed by atoms with Crippen LogP contribution >= 0.6 is 11.3 Å². The highest BCUT2D eigenvalue weighted by atomic mass is 32.1. The van der Waals surface area contributed by atoms with Gasteiger partial charge in [-0.1, -0.05) is 19.9 Å². The van der Waals surface area contributed by atoms with Crippen LogP contribution in [0.5, 0.6) is 0 Å². The van der Waals surface area contributed by atoms with E-state index in [-0.39, 0.29) is 0 Å². The lowest BCUT2D eigenvalue weighted by molar-refractivity contribution is 0.496. The van der Waals surface area contributed by atoms with Crippen molar-refractivity contribution < 1.29 is 0 Å². The molecule has 72 valence electrons. The van der Waals surface area contributed by atoms with E-state index >= 15 is 0 Å². The molecule has 1 aliphatic carbocycles. The number of hydrogen-bond donors (Lipinski definition) is 1. The van der Waals surface area contributed by atoms with Gasteiger partial charge in [-0.15, -0.1) is 11.3 Å². The molecular formula is C11H17NS. The van der Waals surface area contributed by atoms with E-state index in [1.807, 2.05) is 11.3 Å².